The van der Waals surface area contributed by atoms with Crippen LogP contribution in [0.15, 0.2) is 84.1 Å². The Morgan fingerprint density at radius 1 is 1.05 bits per heavy atom. The summed E-state index contributed by atoms with van der Waals surface area (Å²) in [6.45, 7) is 4.17. The number of carbonyl (C=O) groups excluding carboxylic acids is 2. The predicted molar refractivity (Wildman–Crippen MR) is 156 cm³/mol. The lowest BCUT2D eigenvalue weighted by Gasteiger charge is -2.21. The number of para-hydroxylation sites is 1. The van der Waals surface area contributed by atoms with Crippen molar-refractivity contribution in [3.63, 3.8) is 0 Å². The minimum atomic E-state index is -4.76. The summed E-state index contributed by atoms with van der Waals surface area (Å²) >= 11 is 1.20. The maximum absolute atomic E-state index is 12.6. The third-order valence-electron chi connectivity index (χ3n) is 6.41. The number of anilines is 1. The van der Waals surface area contributed by atoms with E-state index in [1.807, 2.05) is 62.4 Å². The summed E-state index contributed by atoms with van der Waals surface area (Å²) in [5.74, 6) is 0.339. The molecule has 4 aromatic rings. The van der Waals surface area contributed by atoms with Gasteiger partial charge in [0.25, 0.3) is 0 Å². The highest BCUT2D eigenvalue weighted by Crippen LogP contribution is 2.33. The van der Waals surface area contributed by atoms with Gasteiger partial charge >= 0.3 is 12.5 Å². The Bertz CT molecular complexity index is 1640. The zero-order valence-corrected chi connectivity index (χ0v) is 23.9. The maximum Gasteiger partial charge on any atom is 0.573 e. The summed E-state index contributed by atoms with van der Waals surface area (Å²) in [4.78, 5) is 34.9. The molecule has 0 bridgehead atoms. The fourth-order valence-electron chi connectivity index (χ4n) is 4.37. The molecular weight excluding hydrogens is 583 g/mol. The molecule has 5 rings (SSSR count). The molecule has 0 unspecified atom stereocenters. The lowest BCUT2D eigenvalue weighted by molar-refractivity contribution is -0.274. The third-order valence-corrected chi connectivity index (χ3v) is 7.33. The molecule has 13 heteroatoms. The van der Waals surface area contributed by atoms with Gasteiger partial charge in [-0.1, -0.05) is 68.1 Å². The van der Waals surface area contributed by atoms with Gasteiger partial charge < -0.3 is 9.47 Å². The number of nitrogens with zero attached hydrogens (tertiary/aromatic N) is 5. The molecule has 0 saturated carbocycles. The first-order valence-corrected chi connectivity index (χ1v) is 14.2. The number of halogens is 3. The zero-order chi connectivity index (χ0) is 30.6. The van der Waals surface area contributed by atoms with E-state index in [9.17, 15) is 22.8 Å². The van der Waals surface area contributed by atoms with Crippen LogP contribution >= 0.6 is 11.8 Å². The largest absolute Gasteiger partial charge is 0.573 e. The zero-order valence-electron chi connectivity index (χ0n) is 23.1. The number of hydrogen-bond acceptors (Lipinski definition) is 7. The second-order valence-electron chi connectivity index (χ2n) is 9.74. The average Bonchev–Trinajstić information content (AvgIpc) is 3.60. The lowest BCUT2D eigenvalue weighted by Crippen LogP contribution is -2.31. The van der Waals surface area contributed by atoms with Crippen molar-refractivity contribution >= 4 is 34.6 Å². The van der Waals surface area contributed by atoms with Crippen LogP contribution in [0.1, 0.15) is 30.9 Å². The van der Waals surface area contributed by atoms with Gasteiger partial charge in [-0.15, -0.1) is 18.3 Å². The minimum absolute atomic E-state index is 0.0943. The number of amidine groups is 1. The van der Waals surface area contributed by atoms with E-state index in [1.54, 1.807) is 0 Å². The fraction of sp³-hybridized carbons (Fsp3) is 0.233. The average molecular weight is 610 g/mol. The van der Waals surface area contributed by atoms with Gasteiger partial charge in [-0.25, -0.2) is 14.5 Å². The number of rotatable bonds is 8. The predicted octanol–water partition coefficient (Wildman–Crippen LogP) is 6.77. The Labute approximate surface area is 249 Å². The number of benzene rings is 3. The van der Waals surface area contributed by atoms with Crippen molar-refractivity contribution in [1.29, 1.82) is 0 Å². The van der Waals surface area contributed by atoms with Gasteiger partial charge in [0.1, 0.15) is 12.1 Å². The number of aromatic nitrogens is 3. The first-order valence-electron chi connectivity index (χ1n) is 13.2. The van der Waals surface area contributed by atoms with Crippen LogP contribution in [0.5, 0.6) is 5.75 Å². The Kier molecular flexibility index (Phi) is 8.81. The Hall–Kier alpha value is -4.65. The van der Waals surface area contributed by atoms with Crippen molar-refractivity contribution in [2.75, 3.05) is 17.3 Å². The van der Waals surface area contributed by atoms with Crippen LogP contribution < -0.4 is 9.64 Å². The van der Waals surface area contributed by atoms with E-state index in [0.717, 1.165) is 16.7 Å². The van der Waals surface area contributed by atoms with Crippen molar-refractivity contribution < 1.29 is 32.2 Å². The van der Waals surface area contributed by atoms with Gasteiger partial charge in [-0.05, 0) is 47.4 Å². The number of ether oxygens (including phenoxy) is 2. The lowest BCUT2D eigenvalue weighted by atomic mass is 10.0. The molecule has 2 amide bonds. The second kappa shape index (κ2) is 12.7. The topological polar surface area (TPSA) is 98.9 Å². The van der Waals surface area contributed by atoms with Crippen LogP contribution in [-0.2, 0) is 16.0 Å². The molecule has 9 nitrogen and oxygen atoms in total. The molecule has 1 aromatic heterocycles. The van der Waals surface area contributed by atoms with E-state index in [4.69, 9.17) is 4.74 Å². The second-order valence-corrected chi connectivity index (χ2v) is 10.7. The van der Waals surface area contributed by atoms with E-state index in [2.05, 4.69) is 19.8 Å². The normalized spacial score (nSPS) is 14.5. The van der Waals surface area contributed by atoms with E-state index in [1.165, 1.54) is 51.9 Å². The van der Waals surface area contributed by atoms with Gasteiger partial charge in [-0.3, -0.25) is 9.69 Å². The van der Waals surface area contributed by atoms with E-state index in [0.29, 0.717) is 28.8 Å². The minimum Gasteiger partial charge on any atom is -0.448 e. The SMILES string of the molecule is CC(C)c1ccccc1N1C(=O)CS/C1=N\C(=O)OCCc1ccc(-c2ncn(-c3ccc(OC(F)(F)F)cc3)n2)cc1. The van der Waals surface area contributed by atoms with Crippen LogP contribution in [0.4, 0.5) is 23.7 Å². The van der Waals surface area contributed by atoms with E-state index in [-0.39, 0.29) is 29.9 Å². The summed E-state index contributed by atoms with van der Waals surface area (Å²) in [7, 11) is 0. The summed E-state index contributed by atoms with van der Waals surface area (Å²) in [6.07, 6.45) is -3.63. The molecule has 2 heterocycles. The smallest absolute Gasteiger partial charge is 0.448 e. The quantitative estimate of drug-likeness (QED) is 0.217. The van der Waals surface area contributed by atoms with Crippen LogP contribution in [-0.4, -0.2) is 50.7 Å². The van der Waals surface area contributed by atoms with Gasteiger partial charge in [0.2, 0.25) is 5.91 Å². The summed E-state index contributed by atoms with van der Waals surface area (Å²) in [5, 5.41) is 4.69. The first-order chi connectivity index (χ1) is 20.6. The standard InChI is InChI=1S/C30H26F3N5O4S/c1-19(2)24-5-3-4-6-25(24)38-26(39)17-43-28(38)35-29(40)41-16-15-20-7-9-21(10-8-20)27-34-18-37(36-27)22-11-13-23(14-12-22)42-30(31,32)33/h3-14,18-19H,15-17H2,1-2H3/b35-28-. The molecule has 1 saturated heterocycles. The number of carbonyl (C=O) groups is 2. The third kappa shape index (κ3) is 7.41. The Morgan fingerprint density at radius 3 is 2.47 bits per heavy atom. The van der Waals surface area contributed by atoms with Crippen molar-refractivity contribution in [2.24, 2.45) is 4.99 Å². The van der Waals surface area contributed by atoms with Gasteiger partial charge in [0, 0.05) is 12.0 Å². The summed E-state index contributed by atoms with van der Waals surface area (Å²) < 4.78 is 47.8. The van der Waals surface area contributed by atoms with Crippen molar-refractivity contribution in [1.82, 2.24) is 14.8 Å². The summed E-state index contributed by atoms with van der Waals surface area (Å²) in [6, 6.07) is 20.2. The van der Waals surface area contributed by atoms with Crippen LogP contribution in [0.2, 0.25) is 0 Å². The highest BCUT2D eigenvalue weighted by atomic mass is 32.2. The highest BCUT2D eigenvalue weighted by molar-refractivity contribution is 8.15. The molecule has 3 aromatic carbocycles. The number of alkyl halides is 3. The highest BCUT2D eigenvalue weighted by Gasteiger charge is 2.32. The number of hydrogen-bond donors (Lipinski definition) is 0. The van der Waals surface area contributed by atoms with Crippen molar-refractivity contribution in [3.8, 4) is 22.8 Å². The Balaban J connectivity index is 1.16. The molecule has 0 atom stereocenters. The molecule has 1 aliphatic rings. The first kappa shape index (κ1) is 29.8. The van der Waals surface area contributed by atoms with Crippen LogP contribution in [0.25, 0.3) is 17.1 Å². The monoisotopic (exact) mass is 609 g/mol. The molecule has 222 valence electrons. The van der Waals surface area contributed by atoms with Gasteiger partial charge in [0.15, 0.2) is 11.0 Å². The number of amides is 2. The van der Waals surface area contributed by atoms with E-state index < -0.39 is 12.5 Å². The summed E-state index contributed by atoms with van der Waals surface area (Å²) in [5.41, 5.74) is 3.85. The molecule has 0 spiro atoms. The molecule has 43 heavy (non-hydrogen) atoms. The molecule has 1 aliphatic heterocycles. The van der Waals surface area contributed by atoms with Crippen molar-refractivity contribution in [3.05, 3.63) is 90.3 Å². The van der Waals surface area contributed by atoms with Gasteiger partial charge in [0.05, 0.1) is 23.7 Å². The van der Waals surface area contributed by atoms with Crippen LogP contribution in [0, 0.1) is 0 Å². The van der Waals surface area contributed by atoms with Crippen LogP contribution in [0.3, 0.4) is 0 Å². The number of thioether (sulfide) groups is 1. The van der Waals surface area contributed by atoms with Crippen molar-refractivity contribution in [2.45, 2.75) is 32.5 Å². The fourth-order valence-corrected chi connectivity index (χ4v) is 5.22. The maximum atomic E-state index is 12.6. The van der Waals surface area contributed by atoms with Gasteiger partial charge in [-0.2, -0.15) is 4.99 Å². The molecular formula is C30H26F3N5O4S. The molecule has 1 fully saturated rings. The Morgan fingerprint density at radius 2 is 1.77 bits per heavy atom. The number of aliphatic imine (C=N–C) groups is 1. The van der Waals surface area contributed by atoms with E-state index >= 15 is 0 Å². The molecule has 0 aliphatic carbocycles. The molecule has 0 radical (unpaired) electrons. The molecule has 0 N–H and O–H groups in total.